The van der Waals surface area contributed by atoms with E-state index in [1.807, 2.05) is 0 Å². The van der Waals surface area contributed by atoms with Crippen LogP contribution in [0.2, 0.25) is 0 Å². The lowest BCUT2D eigenvalue weighted by Gasteiger charge is -2.36. The Morgan fingerprint density at radius 2 is 1.52 bits per heavy atom. The molecule has 2 aliphatic rings. The molecule has 2 fully saturated rings. The molecule has 0 spiro atoms. The first kappa shape index (κ1) is 19.8. The van der Waals surface area contributed by atoms with Crippen LogP contribution in [0.4, 0.5) is 0 Å². The summed E-state index contributed by atoms with van der Waals surface area (Å²) in [7, 11) is 0. The molecule has 0 aromatic heterocycles. The molecular weight excluding hydrogens is 330 g/mol. The molecule has 0 amide bonds. The van der Waals surface area contributed by atoms with Crippen molar-refractivity contribution in [2.45, 2.75) is 75.4 Å². The molecular formula is C16H25N3O6. The smallest absolute Gasteiger partial charge is 0.172 e. The largest absolute Gasteiger partial charge is 0.365 e. The summed E-state index contributed by atoms with van der Waals surface area (Å²) in [6.45, 7) is 0. The molecule has 2 saturated carbocycles. The minimum absolute atomic E-state index is 0.0410. The van der Waals surface area contributed by atoms with Crippen molar-refractivity contribution in [2.75, 3.05) is 0 Å². The Morgan fingerprint density at radius 3 is 2.00 bits per heavy atom. The molecule has 2 aliphatic carbocycles. The van der Waals surface area contributed by atoms with Gasteiger partial charge in [0.15, 0.2) is 17.4 Å². The van der Waals surface area contributed by atoms with Gasteiger partial charge in [0.05, 0.1) is 11.8 Å². The molecule has 0 bridgehead atoms. The lowest BCUT2D eigenvalue weighted by Crippen LogP contribution is -2.49. The highest BCUT2D eigenvalue weighted by atomic mass is 16.5. The Hall–Kier alpha value is -1.51. The second-order valence-electron chi connectivity index (χ2n) is 7.15. The molecule has 25 heavy (non-hydrogen) atoms. The van der Waals surface area contributed by atoms with Gasteiger partial charge in [-0.25, -0.2) is 0 Å². The molecule has 0 unspecified atom stereocenters. The number of aliphatic hydroxyl groups is 4. The van der Waals surface area contributed by atoms with Crippen LogP contribution < -0.4 is 0 Å². The lowest BCUT2D eigenvalue weighted by atomic mass is 9.76. The third-order valence-electron chi connectivity index (χ3n) is 5.34. The van der Waals surface area contributed by atoms with E-state index < -0.39 is 47.4 Å². The Bertz CT molecular complexity index is 570. The first-order chi connectivity index (χ1) is 11.7. The Balaban J connectivity index is 2.13. The molecule has 0 aromatic rings. The van der Waals surface area contributed by atoms with Gasteiger partial charge in [0.2, 0.25) is 0 Å². The first-order valence-corrected chi connectivity index (χ1v) is 8.69. The average molecular weight is 355 g/mol. The highest BCUT2D eigenvalue weighted by molar-refractivity contribution is 5.93. The van der Waals surface area contributed by atoms with Crippen LogP contribution in [0.15, 0.2) is 5.11 Å². The van der Waals surface area contributed by atoms with E-state index in [1.165, 1.54) is 0 Å². The minimum atomic E-state index is -2.18. The van der Waals surface area contributed by atoms with Crippen LogP contribution >= 0.6 is 0 Å². The Morgan fingerprint density at radius 1 is 1.00 bits per heavy atom. The summed E-state index contributed by atoms with van der Waals surface area (Å²) < 4.78 is 0. The van der Waals surface area contributed by atoms with Crippen molar-refractivity contribution in [1.82, 2.24) is 0 Å². The summed E-state index contributed by atoms with van der Waals surface area (Å²) in [5.41, 5.74) is 8.71. The van der Waals surface area contributed by atoms with Gasteiger partial charge in [-0.15, -0.1) is 0 Å². The van der Waals surface area contributed by atoms with Gasteiger partial charge in [0.1, 0.15) is 11.8 Å². The molecule has 4 N–H and O–H groups in total. The van der Waals surface area contributed by atoms with Crippen molar-refractivity contribution in [1.29, 1.82) is 0 Å². The number of carbonyl (C=O) groups excluding carboxylic acids is 2. The van der Waals surface area contributed by atoms with Gasteiger partial charge < -0.3 is 20.4 Å². The molecule has 9 nitrogen and oxygen atoms in total. The summed E-state index contributed by atoms with van der Waals surface area (Å²) in [5, 5.41) is 43.4. The Labute approximate surface area is 145 Å². The SMILES string of the molecule is [N-]=[N+]=N[C@H](CC(=O)[C@@H]1CCCCC1(O)O)C(=O)[C@@H]1CCCCC1(O)O. The zero-order valence-electron chi connectivity index (χ0n) is 14.0. The van der Waals surface area contributed by atoms with Gasteiger partial charge in [-0.3, -0.25) is 9.59 Å². The Kier molecular flexibility index (Phi) is 6.18. The first-order valence-electron chi connectivity index (χ1n) is 8.69. The van der Waals surface area contributed by atoms with E-state index in [4.69, 9.17) is 5.53 Å². The van der Waals surface area contributed by atoms with Gasteiger partial charge >= 0.3 is 0 Å². The summed E-state index contributed by atoms with van der Waals surface area (Å²) >= 11 is 0. The maximum absolute atomic E-state index is 12.6. The maximum atomic E-state index is 12.6. The monoisotopic (exact) mass is 355 g/mol. The molecule has 140 valence electrons. The number of hydrogen-bond donors (Lipinski definition) is 4. The normalized spacial score (nSPS) is 29.3. The van der Waals surface area contributed by atoms with Crippen LogP contribution in [0.5, 0.6) is 0 Å². The predicted molar refractivity (Wildman–Crippen MR) is 85.8 cm³/mol. The second kappa shape index (κ2) is 7.80. The maximum Gasteiger partial charge on any atom is 0.172 e. The van der Waals surface area contributed by atoms with Crippen molar-refractivity contribution >= 4 is 11.6 Å². The van der Waals surface area contributed by atoms with Crippen LogP contribution in [0, 0.1) is 11.8 Å². The fourth-order valence-electron chi connectivity index (χ4n) is 3.89. The number of rotatable bonds is 6. The van der Waals surface area contributed by atoms with Crippen LogP contribution in [0.1, 0.15) is 57.8 Å². The molecule has 0 aromatic carbocycles. The highest BCUT2D eigenvalue weighted by Gasteiger charge is 2.46. The molecule has 9 heteroatoms. The number of azide groups is 1. The van der Waals surface area contributed by atoms with E-state index in [0.717, 1.165) is 0 Å². The van der Waals surface area contributed by atoms with Crippen molar-refractivity contribution in [3.63, 3.8) is 0 Å². The number of Topliss-reactive ketones (excluding diaryl/α,β-unsaturated/α-hetero) is 2. The summed E-state index contributed by atoms with van der Waals surface area (Å²) in [6, 6.07) is -1.38. The summed E-state index contributed by atoms with van der Waals surface area (Å²) in [5.74, 6) is -7.71. The highest BCUT2D eigenvalue weighted by Crippen LogP contribution is 2.36. The van der Waals surface area contributed by atoms with E-state index in [1.54, 1.807) is 0 Å². The van der Waals surface area contributed by atoms with E-state index in [-0.39, 0.29) is 25.7 Å². The molecule has 3 atom stereocenters. The van der Waals surface area contributed by atoms with Crippen LogP contribution in [-0.4, -0.2) is 49.6 Å². The van der Waals surface area contributed by atoms with E-state index in [9.17, 15) is 30.0 Å². The topological polar surface area (TPSA) is 164 Å². The third kappa shape index (κ3) is 4.56. The third-order valence-corrected chi connectivity index (χ3v) is 5.34. The quantitative estimate of drug-likeness (QED) is 0.239. The standard InChI is InChI=1S/C16H25N3O6/c17-19-18-12(14(21)11-6-2-4-8-16(11,24)25)9-13(20)10-5-1-3-7-15(10,22)23/h10-12,22-25H,1-9H2/t10-,11-,12+/m0/s1. The van der Waals surface area contributed by atoms with Gasteiger partial charge in [-0.05, 0) is 31.2 Å². The minimum Gasteiger partial charge on any atom is -0.365 e. The second-order valence-corrected chi connectivity index (χ2v) is 7.15. The van der Waals surface area contributed by atoms with Crippen LogP contribution in [0.3, 0.4) is 0 Å². The zero-order valence-corrected chi connectivity index (χ0v) is 14.0. The van der Waals surface area contributed by atoms with Crippen molar-refractivity contribution in [2.24, 2.45) is 17.0 Å². The molecule has 0 saturated heterocycles. The molecule has 0 heterocycles. The van der Waals surface area contributed by atoms with Crippen molar-refractivity contribution in [3.8, 4) is 0 Å². The van der Waals surface area contributed by atoms with Gasteiger partial charge in [0, 0.05) is 24.2 Å². The van der Waals surface area contributed by atoms with Crippen molar-refractivity contribution in [3.05, 3.63) is 10.4 Å². The van der Waals surface area contributed by atoms with Gasteiger partial charge in [0.25, 0.3) is 0 Å². The summed E-state index contributed by atoms with van der Waals surface area (Å²) in [4.78, 5) is 27.7. The van der Waals surface area contributed by atoms with Gasteiger partial charge in [-0.2, -0.15) is 0 Å². The number of hydrogen-bond acceptors (Lipinski definition) is 7. The molecule has 0 aliphatic heterocycles. The number of ketones is 2. The van der Waals surface area contributed by atoms with Crippen LogP contribution in [0.25, 0.3) is 10.4 Å². The fraction of sp³-hybridized carbons (Fsp3) is 0.875. The lowest BCUT2D eigenvalue weighted by molar-refractivity contribution is -0.218. The van der Waals surface area contributed by atoms with E-state index in [2.05, 4.69) is 10.0 Å². The average Bonchev–Trinajstić information content (AvgIpc) is 2.53. The van der Waals surface area contributed by atoms with E-state index >= 15 is 0 Å². The number of nitrogens with zero attached hydrogens (tertiary/aromatic N) is 3. The molecule has 2 rings (SSSR count). The van der Waals surface area contributed by atoms with Gasteiger partial charge in [-0.1, -0.05) is 18.0 Å². The van der Waals surface area contributed by atoms with Crippen LogP contribution in [-0.2, 0) is 9.59 Å². The number of carbonyl (C=O) groups is 2. The fourth-order valence-corrected chi connectivity index (χ4v) is 3.89. The summed E-state index contributed by atoms with van der Waals surface area (Å²) in [6.07, 6.45) is 2.64. The molecule has 0 radical (unpaired) electrons. The zero-order chi connectivity index (χ0) is 18.7. The predicted octanol–water partition coefficient (Wildman–Crippen LogP) is 0.936. The van der Waals surface area contributed by atoms with Crippen molar-refractivity contribution < 1.29 is 30.0 Å². The van der Waals surface area contributed by atoms with E-state index in [0.29, 0.717) is 25.7 Å².